The van der Waals surface area contributed by atoms with Crippen molar-refractivity contribution < 1.29 is 23.5 Å². The summed E-state index contributed by atoms with van der Waals surface area (Å²) in [6.07, 6.45) is 0. The monoisotopic (exact) mass is 392 g/mol. The van der Waals surface area contributed by atoms with Crippen molar-refractivity contribution in [2.45, 2.75) is 6.92 Å². The Morgan fingerprint density at radius 2 is 1.45 bits per heavy atom. The van der Waals surface area contributed by atoms with E-state index >= 15 is 0 Å². The van der Waals surface area contributed by atoms with Crippen molar-refractivity contribution in [1.82, 2.24) is 0 Å². The molecule has 1 heterocycles. The van der Waals surface area contributed by atoms with Gasteiger partial charge in [-0.25, -0.2) is 4.39 Å². The number of hydrogen-bond donors (Lipinski definition) is 2. The molecular formula is C22H17FN2O4. The first-order chi connectivity index (χ1) is 14.0. The van der Waals surface area contributed by atoms with E-state index in [1.807, 2.05) is 0 Å². The molecule has 7 heteroatoms. The van der Waals surface area contributed by atoms with E-state index in [0.717, 1.165) is 0 Å². The van der Waals surface area contributed by atoms with Gasteiger partial charge in [-0.05, 0) is 61.0 Å². The first-order valence-corrected chi connectivity index (χ1v) is 8.88. The Kier molecular flexibility index (Phi) is 4.87. The topological polar surface area (TPSA) is 76.7 Å². The number of carbonyl (C=O) groups is 2. The number of benzene rings is 3. The first-order valence-electron chi connectivity index (χ1n) is 8.88. The van der Waals surface area contributed by atoms with E-state index in [1.165, 1.54) is 6.07 Å². The number of fused-ring (bicyclic) bond motifs is 1. The van der Waals surface area contributed by atoms with Crippen LogP contribution in [0.2, 0.25) is 0 Å². The van der Waals surface area contributed by atoms with Crippen molar-refractivity contribution in [3.05, 3.63) is 83.2 Å². The highest BCUT2D eigenvalue weighted by Crippen LogP contribution is 2.32. The van der Waals surface area contributed by atoms with Gasteiger partial charge in [0, 0.05) is 22.5 Å². The predicted molar refractivity (Wildman–Crippen MR) is 106 cm³/mol. The fraction of sp³-hybridized carbons (Fsp3) is 0.0909. The summed E-state index contributed by atoms with van der Waals surface area (Å²) in [5.41, 5.74) is 2.07. The van der Waals surface area contributed by atoms with E-state index in [0.29, 0.717) is 34.0 Å². The minimum absolute atomic E-state index is 0.132. The van der Waals surface area contributed by atoms with E-state index in [1.54, 1.807) is 61.5 Å². The summed E-state index contributed by atoms with van der Waals surface area (Å²) in [6.45, 7) is 1.76. The average molecular weight is 392 g/mol. The van der Waals surface area contributed by atoms with E-state index in [-0.39, 0.29) is 18.3 Å². The van der Waals surface area contributed by atoms with E-state index in [9.17, 15) is 14.0 Å². The molecular weight excluding hydrogens is 375 g/mol. The number of anilines is 2. The van der Waals surface area contributed by atoms with Crippen molar-refractivity contribution in [2.75, 3.05) is 17.4 Å². The zero-order chi connectivity index (χ0) is 20.4. The van der Waals surface area contributed by atoms with Crippen molar-refractivity contribution in [2.24, 2.45) is 0 Å². The molecule has 0 radical (unpaired) electrons. The quantitative estimate of drug-likeness (QED) is 0.691. The molecule has 4 rings (SSSR count). The lowest BCUT2D eigenvalue weighted by atomic mass is 10.1. The summed E-state index contributed by atoms with van der Waals surface area (Å²) in [4.78, 5) is 24.9. The molecule has 0 bridgehead atoms. The van der Waals surface area contributed by atoms with Gasteiger partial charge in [0.25, 0.3) is 11.8 Å². The number of hydrogen-bond acceptors (Lipinski definition) is 4. The van der Waals surface area contributed by atoms with E-state index < -0.39 is 11.7 Å². The van der Waals surface area contributed by atoms with Gasteiger partial charge in [0.1, 0.15) is 5.82 Å². The summed E-state index contributed by atoms with van der Waals surface area (Å²) in [5, 5.41) is 5.47. The highest BCUT2D eigenvalue weighted by atomic mass is 19.1. The first kappa shape index (κ1) is 18.5. The molecule has 0 saturated carbocycles. The Balaban J connectivity index is 1.46. The lowest BCUT2D eigenvalue weighted by molar-refractivity contribution is 0.101. The van der Waals surface area contributed by atoms with E-state index in [2.05, 4.69) is 10.6 Å². The minimum atomic E-state index is -0.442. The number of carbonyl (C=O) groups excluding carboxylic acids is 2. The molecule has 0 atom stereocenters. The van der Waals surface area contributed by atoms with Crippen LogP contribution in [0.15, 0.2) is 60.7 Å². The van der Waals surface area contributed by atoms with Gasteiger partial charge in [-0.2, -0.15) is 0 Å². The maximum atomic E-state index is 13.7. The second-order valence-corrected chi connectivity index (χ2v) is 6.52. The van der Waals surface area contributed by atoms with E-state index in [4.69, 9.17) is 9.47 Å². The third-order valence-corrected chi connectivity index (χ3v) is 4.45. The lowest BCUT2D eigenvalue weighted by Gasteiger charge is -2.10. The molecule has 0 aliphatic carbocycles. The van der Waals surface area contributed by atoms with Crippen molar-refractivity contribution in [1.29, 1.82) is 0 Å². The van der Waals surface area contributed by atoms with Gasteiger partial charge < -0.3 is 20.1 Å². The summed E-state index contributed by atoms with van der Waals surface area (Å²) >= 11 is 0. The normalized spacial score (nSPS) is 11.8. The van der Waals surface area contributed by atoms with Gasteiger partial charge in [0.05, 0.1) is 0 Å². The molecule has 3 aromatic rings. The molecule has 1 aliphatic rings. The second kappa shape index (κ2) is 7.63. The number of rotatable bonds is 4. The number of aryl methyl sites for hydroxylation is 1. The van der Waals surface area contributed by atoms with Crippen LogP contribution in [-0.2, 0) is 0 Å². The van der Waals surface area contributed by atoms with Gasteiger partial charge in [0.15, 0.2) is 11.5 Å². The van der Waals surface area contributed by atoms with Crippen molar-refractivity contribution >= 4 is 23.2 Å². The Labute approximate surface area is 166 Å². The maximum absolute atomic E-state index is 13.7. The summed E-state index contributed by atoms with van der Waals surface area (Å²) in [5.74, 6) is -0.0966. The van der Waals surface area contributed by atoms with Crippen LogP contribution in [-0.4, -0.2) is 18.6 Å². The molecule has 0 fully saturated rings. The number of ether oxygens (including phenoxy) is 2. The predicted octanol–water partition coefficient (Wildman–Crippen LogP) is 4.37. The molecule has 3 aromatic carbocycles. The van der Waals surface area contributed by atoms with Gasteiger partial charge in [-0.1, -0.05) is 12.1 Å². The van der Waals surface area contributed by atoms with Crippen LogP contribution >= 0.6 is 0 Å². The largest absolute Gasteiger partial charge is 0.454 e. The van der Waals surface area contributed by atoms with Crippen LogP contribution in [0.1, 0.15) is 26.3 Å². The van der Waals surface area contributed by atoms with Crippen molar-refractivity contribution in [3.8, 4) is 11.5 Å². The molecule has 1 aliphatic heterocycles. The van der Waals surface area contributed by atoms with Gasteiger partial charge in [0.2, 0.25) is 6.79 Å². The van der Waals surface area contributed by atoms with Crippen LogP contribution in [0.5, 0.6) is 11.5 Å². The lowest BCUT2D eigenvalue weighted by Crippen LogP contribution is -2.14. The van der Waals surface area contributed by atoms with Crippen LogP contribution in [0, 0.1) is 12.7 Å². The fourth-order valence-electron chi connectivity index (χ4n) is 2.85. The summed E-state index contributed by atoms with van der Waals surface area (Å²) in [7, 11) is 0. The SMILES string of the molecule is Cc1ccc(C(=O)Nc2cccc(NC(=O)c3ccc4c(c3)OCO4)c2)cc1F. The molecule has 0 spiro atoms. The van der Waals surface area contributed by atoms with Gasteiger partial charge >= 0.3 is 0 Å². The third-order valence-electron chi connectivity index (χ3n) is 4.45. The Morgan fingerprint density at radius 1 is 0.828 bits per heavy atom. The molecule has 0 unspecified atom stereocenters. The minimum Gasteiger partial charge on any atom is -0.454 e. The van der Waals surface area contributed by atoms with Crippen LogP contribution < -0.4 is 20.1 Å². The molecule has 2 amide bonds. The molecule has 6 nitrogen and oxygen atoms in total. The highest BCUT2D eigenvalue weighted by molar-refractivity contribution is 6.06. The van der Waals surface area contributed by atoms with Gasteiger partial charge in [-0.3, -0.25) is 9.59 Å². The number of amides is 2. The third kappa shape index (κ3) is 4.03. The molecule has 0 saturated heterocycles. The number of nitrogens with one attached hydrogen (secondary N) is 2. The maximum Gasteiger partial charge on any atom is 0.255 e. The zero-order valence-corrected chi connectivity index (χ0v) is 15.5. The Morgan fingerprint density at radius 3 is 2.14 bits per heavy atom. The molecule has 146 valence electrons. The second-order valence-electron chi connectivity index (χ2n) is 6.52. The molecule has 29 heavy (non-hydrogen) atoms. The van der Waals surface area contributed by atoms with Crippen LogP contribution in [0.4, 0.5) is 15.8 Å². The van der Waals surface area contributed by atoms with Crippen molar-refractivity contribution in [3.63, 3.8) is 0 Å². The number of halogens is 1. The zero-order valence-electron chi connectivity index (χ0n) is 15.5. The van der Waals surface area contributed by atoms with Gasteiger partial charge in [-0.15, -0.1) is 0 Å². The van der Waals surface area contributed by atoms with Crippen LogP contribution in [0.3, 0.4) is 0 Å². The highest BCUT2D eigenvalue weighted by Gasteiger charge is 2.16. The Bertz CT molecular complexity index is 1110. The summed E-state index contributed by atoms with van der Waals surface area (Å²) in [6, 6.07) is 15.9. The smallest absolute Gasteiger partial charge is 0.255 e. The summed E-state index contributed by atoms with van der Waals surface area (Å²) < 4.78 is 24.2. The average Bonchev–Trinajstić information content (AvgIpc) is 3.18. The molecule has 0 aromatic heterocycles. The standard InChI is InChI=1S/C22H17FN2O4/c1-13-5-6-14(9-18(13)23)21(26)24-16-3-2-4-17(11-16)25-22(27)15-7-8-19-20(10-15)29-12-28-19/h2-11H,12H2,1H3,(H,24,26)(H,25,27). The Hall–Kier alpha value is -3.87. The van der Waals surface area contributed by atoms with Crippen LogP contribution in [0.25, 0.3) is 0 Å². The fourth-order valence-corrected chi connectivity index (χ4v) is 2.85. The molecule has 2 N–H and O–H groups in total.